The van der Waals surface area contributed by atoms with E-state index in [1.807, 2.05) is 0 Å². The fourth-order valence-electron chi connectivity index (χ4n) is 1.06. The maximum Gasteiger partial charge on any atom is 0.0411 e. The van der Waals surface area contributed by atoms with Gasteiger partial charge in [-0.2, -0.15) is 0 Å². The number of rotatable bonds is 1. The van der Waals surface area contributed by atoms with Crippen molar-refractivity contribution in [3.8, 4) is 0 Å². The van der Waals surface area contributed by atoms with Crippen molar-refractivity contribution >= 4 is 5.97 Å². The number of hydrogen-bond acceptors (Lipinski definition) is 2. The molecular formula is C9H17O2-. The van der Waals surface area contributed by atoms with Crippen LogP contribution in [0.25, 0.3) is 0 Å². The van der Waals surface area contributed by atoms with E-state index in [0.29, 0.717) is 0 Å². The molecule has 0 aromatic carbocycles. The Morgan fingerprint density at radius 3 is 1.36 bits per heavy atom. The number of aliphatic carboxylic acids is 1. The van der Waals surface area contributed by atoms with Crippen LogP contribution in [-0.4, -0.2) is 5.97 Å². The van der Waals surface area contributed by atoms with Gasteiger partial charge >= 0.3 is 0 Å². The van der Waals surface area contributed by atoms with E-state index in [0.717, 1.165) is 0 Å². The summed E-state index contributed by atoms with van der Waals surface area (Å²) >= 11 is 0. The lowest BCUT2D eigenvalue weighted by Gasteiger charge is -2.05. The summed E-state index contributed by atoms with van der Waals surface area (Å²) in [5.74, 6) is -0.995. The molecule has 0 N–H and O–H groups in total. The molecule has 2 nitrogen and oxygen atoms in total. The normalized spacial score (nSPS) is 16.5. The largest absolute Gasteiger partial charge is 0.550 e. The van der Waals surface area contributed by atoms with Crippen molar-refractivity contribution in [3.63, 3.8) is 0 Å². The summed E-state index contributed by atoms with van der Waals surface area (Å²) in [5.41, 5.74) is 0. The smallest absolute Gasteiger partial charge is 0.0411 e. The van der Waals surface area contributed by atoms with E-state index in [1.54, 1.807) is 0 Å². The molecule has 0 aliphatic heterocycles. The van der Waals surface area contributed by atoms with E-state index in [9.17, 15) is 9.90 Å². The summed E-state index contributed by atoms with van der Waals surface area (Å²) in [7, 11) is 0. The molecule has 1 fully saturated rings. The highest BCUT2D eigenvalue weighted by Gasteiger charge is 1.95. The van der Waals surface area contributed by atoms with Crippen molar-refractivity contribution in [1.82, 2.24) is 0 Å². The third-order valence-electron chi connectivity index (χ3n) is 1.79. The zero-order valence-corrected chi connectivity index (χ0v) is 7.27. The van der Waals surface area contributed by atoms with Crippen molar-refractivity contribution in [2.75, 3.05) is 0 Å². The van der Waals surface area contributed by atoms with Crippen molar-refractivity contribution in [2.45, 2.75) is 51.9 Å². The molecule has 0 saturated heterocycles. The van der Waals surface area contributed by atoms with E-state index in [1.165, 1.54) is 45.4 Å². The van der Waals surface area contributed by atoms with Gasteiger partial charge in [0, 0.05) is 5.97 Å². The molecule has 0 spiro atoms. The minimum absolute atomic E-state index is 0.111. The molecule has 11 heavy (non-hydrogen) atoms. The summed E-state index contributed by atoms with van der Waals surface area (Å²) in [5, 5.41) is 9.26. The first-order chi connectivity index (χ1) is 5.27. The molecule has 0 radical (unpaired) electrons. The lowest BCUT2D eigenvalue weighted by atomic mass is 10.0. The molecule has 0 amide bonds. The molecule has 1 aliphatic rings. The zero-order chi connectivity index (χ0) is 8.53. The zero-order valence-electron chi connectivity index (χ0n) is 7.27. The van der Waals surface area contributed by atoms with Crippen LogP contribution in [-0.2, 0) is 4.79 Å². The molecular weight excluding hydrogens is 140 g/mol. The Hall–Kier alpha value is -0.530. The van der Waals surface area contributed by atoms with Crippen LogP contribution in [0.1, 0.15) is 51.9 Å². The highest BCUT2D eigenvalue weighted by Crippen LogP contribution is 2.15. The van der Waals surface area contributed by atoms with Gasteiger partial charge < -0.3 is 9.90 Å². The maximum atomic E-state index is 9.26. The summed E-state index contributed by atoms with van der Waals surface area (Å²) in [6.07, 6.45) is 9.11. The van der Waals surface area contributed by atoms with Gasteiger partial charge in [0.25, 0.3) is 0 Å². The second kappa shape index (κ2) is 7.58. The molecule has 1 rings (SSSR count). The van der Waals surface area contributed by atoms with E-state index < -0.39 is 5.97 Å². The Labute approximate surface area is 68.6 Å². The van der Waals surface area contributed by atoms with Gasteiger partial charge in [-0.15, -0.1) is 0 Å². The number of carboxylic acid groups (broad SMARTS) is 1. The minimum Gasteiger partial charge on any atom is -0.550 e. The van der Waals surface area contributed by atoms with Crippen LogP contribution < -0.4 is 5.11 Å². The van der Waals surface area contributed by atoms with Crippen LogP contribution in [0.3, 0.4) is 0 Å². The molecule has 1 aliphatic carbocycles. The van der Waals surface area contributed by atoms with Crippen LogP contribution in [0.5, 0.6) is 0 Å². The first kappa shape index (κ1) is 10.5. The van der Waals surface area contributed by atoms with Gasteiger partial charge in [0.1, 0.15) is 0 Å². The molecule has 0 aromatic rings. The van der Waals surface area contributed by atoms with Gasteiger partial charge in [-0.1, -0.05) is 45.4 Å². The van der Waals surface area contributed by atoms with Crippen molar-refractivity contribution in [3.05, 3.63) is 0 Å². The Morgan fingerprint density at radius 1 is 1.09 bits per heavy atom. The fraction of sp³-hybridized carbons (Fsp3) is 0.889. The van der Waals surface area contributed by atoms with E-state index in [4.69, 9.17) is 0 Å². The van der Waals surface area contributed by atoms with E-state index >= 15 is 0 Å². The van der Waals surface area contributed by atoms with Gasteiger partial charge in [-0.05, 0) is 6.42 Å². The molecule has 0 bridgehead atoms. The summed E-state index contributed by atoms with van der Waals surface area (Å²) in [6, 6.07) is 0. The molecule has 0 atom stereocenters. The van der Waals surface area contributed by atoms with Crippen LogP contribution in [0.4, 0.5) is 0 Å². The average molecular weight is 157 g/mol. The first-order valence-electron chi connectivity index (χ1n) is 4.47. The summed E-state index contributed by atoms with van der Waals surface area (Å²) in [4.78, 5) is 9.26. The summed E-state index contributed by atoms with van der Waals surface area (Å²) < 4.78 is 0. The Balaban J connectivity index is 0.000000187. The predicted octanol–water partition coefficient (Wildman–Crippen LogP) is 1.49. The van der Waals surface area contributed by atoms with Crippen molar-refractivity contribution in [1.29, 1.82) is 0 Å². The molecule has 1 saturated carbocycles. The molecule has 0 aromatic heterocycles. The van der Waals surface area contributed by atoms with Crippen LogP contribution in [0.2, 0.25) is 0 Å². The van der Waals surface area contributed by atoms with Crippen molar-refractivity contribution in [2.24, 2.45) is 0 Å². The Kier molecular flexibility index (Phi) is 7.21. The Bertz CT molecular complexity index is 84.2. The molecule has 2 heteroatoms. The predicted molar refractivity (Wildman–Crippen MR) is 43.0 cm³/mol. The summed E-state index contributed by atoms with van der Waals surface area (Å²) in [6.45, 7) is 1.54. The Morgan fingerprint density at radius 2 is 1.27 bits per heavy atom. The second-order valence-electron chi connectivity index (χ2n) is 2.85. The van der Waals surface area contributed by atoms with Crippen LogP contribution in [0, 0.1) is 0 Å². The monoisotopic (exact) mass is 157 g/mol. The third-order valence-corrected chi connectivity index (χ3v) is 1.79. The highest BCUT2D eigenvalue weighted by molar-refractivity contribution is 5.63. The lowest BCUT2D eigenvalue weighted by molar-refractivity contribution is -0.305. The molecule has 66 valence electrons. The van der Waals surface area contributed by atoms with Crippen LogP contribution in [0.15, 0.2) is 0 Å². The number of carboxylic acids is 1. The fourth-order valence-corrected chi connectivity index (χ4v) is 1.06. The first-order valence-corrected chi connectivity index (χ1v) is 4.47. The van der Waals surface area contributed by atoms with Gasteiger partial charge in [0.05, 0.1) is 0 Å². The van der Waals surface area contributed by atoms with E-state index in [-0.39, 0.29) is 6.42 Å². The van der Waals surface area contributed by atoms with Crippen LogP contribution >= 0.6 is 0 Å². The third kappa shape index (κ3) is 9.47. The highest BCUT2D eigenvalue weighted by atomic mass is 16.4. The second-order valence-corrected chi connectivity index (χ2v) is 2.85. The van der Waals surface area contributed by atoms with Gasteiger partial charge in [0.15, 0.2) is 0 Å². The lowest BCUT2D eigenvalue weighted by Crippen LogP contribution is -2.19. The quantitative estimate of drug-likeness (QED) is 0.578. The number of hydrogen-bond donors (Lipinski definition) is 0. The van der Waals surface area contributed by atoms with Gasteiger partial charge in [-0.3, -0.25) is 0 Å². The number of carbonyl (C=O) groups is 1. The molecule has 0 unspecified atom stereocenters. The van der Waals surface area contributed by atoms with Gasteiger partial charge in [-0.25, -0.2) is 0 Å². The minimum atomic E-state index is -0.995. The molecule has 0 heterocycles. The van der Waals surface area contributed by atoms with Gasteiger partial charge in [0.2, 0.25) is 0 Å². The topological polar surface area (TPSA) is 40.1 Å². The van der Waals surface area contributed by atoms with Crippen molar-refractivity contribution < 1.29 is 9.90 Å². The maximum absolute atomic E-state index is 9.26. The van der Waals surface area contributed by atoms with E-state index in [2.05, 4.69) is 0 Å². The number of carbonyl (C=O) groups excluding carboxylic acids is 1. The standard InChI is InChI=1S/C6H12.C3H6O2/c1-2-4-6-5-3-1;1-2-3(4)5/h1-6H2;2H2,1H3,(H,4,5)/p-1. The average Bonchev–Trinajstić information content (AvgIpc) is 2.09. The SMILES string of the molecule is C1CCCCC1.CCC(=O)[O-].